The molecule has 0 aliphatic carbocycles. The number of carboxylic acid groups (broad SMARTS) is 1. The highest BCUT2D eigenvalue weighted by atomic mass is 16.4. The molecule has 1 aromatic rings. The van der Waals surface area contributed by atoms with Crippen molar-refractivity contribution in [2.75, 3.05) is 0 Å². The quantitative estimate of drug-likeness (QED) is 0.614. The van der Waals surface area contributed by atoms with Crippen molar-refractivity contribution < 1.29 is 14.7 Å². The number of hydrogen-bond acceptors (Lipinski definition) is 3. The zero-order valence-corrected chi connectivity index (χ0v) is 8.38. The fourth-order valence-corrected chi connectivity index (χ4v) is 1.16. The van der Waals surface area contributed by atoms with Crippen LogP contribution in [0.2, 0.25) is 0 Å². The number of carbonyl (C=O) groups is 2. The summed E-state index contributed by atoms with van der Waals surface area (Å²) in [6.07, 6.45) is 2.21. The molecule has 16 heavy (non-hydrogen) atoms. The third kappa shape index (κ3) is 3.39. The molecule has 0 aromatic heterocycles. The Morgan fingerprint density at radius 3 is 2.81 bits per heavy atom. The minimum Gasteiger partial charge on any atom is -0.478 e. The summed E-state index contributed by atoms with van der Waals surface area (Å²) in [7, 11) is 0. The molecule has 1 rings (SSSR count). The number of carboxylic acids is 1. The van der Waals surface area contributed by atoms with Gasteiger partial charge in [0.1, 0.15) is 0 Å². The zero-order chi connectivity index (χ0) is 12.0. The summed E-state index contributed by atoms with van der Waals surface area (Å²) in [4.78, 5) is 21.7. The number of benzene rings is 1. The molecule has 1 N–H and O–H groups in total. The van der Waals surface area contributed by atoms with Crippen molar-refractivity contribution in [3.63, 3.8) is 0 Å². The largest absolute Gasteiger partial charge is 0.478 e. The molecule has 0 saturated heterocycles. The van der Waals surface area contributed by atoms with Crippen LogP contribution in [0.15, 0.2) is 30.3 Å². The van der Waals surface area contributed by atoms with Gasteiger partial charge < -0.3 is 5.11 Å². The lowest BCUT2D eigenvalue weighted by Gasteiger charge is -1.98. The fourth-order valence-electron chi connectivity index (χ4n) is 1.16. The minimum absolute atomic E-state index is 0.175. The van der Waals surface area contributed by atoms with Crippen molar-refractivity contribution in [2.45, 2.75) is 6.42 Å². The monoisotopic (exact) mass is 215 g/mol. The van der Waals surface area contributed by atoms with E-state index in [4.69, 9.17) is 10.4 Å². The maximum Gasteiger partial charge on any atom is 0.328 e. The molecule has 80 valence electrons. The van der Waals surface area contributed by atoms with Crippen LogP contribution >= 0.6 is 0 Å². The third-order valence-corrected chi connectivity index (χ3v) is 1.87. The molecule has 0 radical (unpaired) electrons. The van der Waals surface area contributed by atoms with Crippen molar-refractivity contribution in [3.05, 3.63) is 41.5 Å². The second kappa shape index (κ2) is 5.47. The van der Waals surface area contributed by atoms with Gasteiger partial charge in [0.25, 0.3) is 0 Å². The molecule has 0 saturated carbocycles. The van der Waals surface area contributed by atoms with E-state index in [2.05, 4.69) is 0 Å². The summed E-state index contributed by atoms with van der Waals surface area (Å²) >= 11 is 0. The number of rotatable bonds is 4. The van der Waals surface area contributed by atoms with E-state index < -0.39 is 5.97 Å². The number of nitrogens with zero attached hydrogens (tertiary/aromatic N) is 1. The van der Waals surface area contributed by atoms with Crippen molar-refractivity contribution in [1.29, 1.82) is 5.26 Å². The first-order valence-corrected chi connectivity index (χ1v) is 4.54. The smallest absolute Gasteiger partial charge is 0.328 e. The van der Waals surface area contributed by atoms with Gasteiger partial charge in [-0.2, -0.15) is 5.26 Å². The molecule has 0 heterocycles. The van der Waals surface area contributed by atoms with Crippen molar-refractivity contribution in [3.8, 4) is 6.07 Å². The van der Waals surface area contributed by atoms with Gasteiger partial charge in [-0.1, -0.05) is 18.2 Å². The van der Waals surface area contributed by atoms with Crippen molar-refractivity contribution in [1.82, 2.24) is 0 Å². The molecule has 0 unspecified atom stereocenters. The van der Waals surface area contributed by atoms with E-state index >= 15 is 0 Å². The number of ketones is 1. The Morgan fingerprint density at radius 1 is 1.44 bits per heavy atom. The molecule has 0 aliphatic heterocycles. The van der Waals surface area contributed by atoms with E-state index in [9.17, 15) is 9.59 Å². The topological polar surface area (TPSA) is 78.2 Å². The summed E-state index contributed by atoms with van der Waals surface area (Å²) in [5, 5.41) is 16.8. The van der Waals surface area contributed by atoms with Gasteiger partial charge in [-0.3, -0.25) is 4.79 Å². The number of Topliss-reactive ketones (excluding diaryl/α,β-unsaturated/α-hetero) is 1. The first-order chi connectivity index (χ1) is 7.63. The highest BCUT2D eigenvalue weighted by Crippen LogP contribution is 2.09. The Balaban J connectivity index is 2.92. The van der Waals surface area contributed by atoms with Crippen molar-refractivity contribution >= 4 is 17.8 Å². The standard InChI is InChI=1S/C12H9NO3/c13-7-6-11(14)10-3-1-2-9(8-10)4-5-12(15)16/h1-5,8H,6H2,(H,15,16). The minimum atomic E-state index is -1.05. The fraction of sp³-hybridized carbons (Fsp3) is 0.0833. The van der Waals surface area contributed by atoms with Crippen LogP contribution in [-0.2, 0) is 4.79 Å². The molecule has 0 atom stereocenters. The maximum atomic E-state index is 11.4. The highest BCUT2D eigenvalue weighted by molar-refractivity contribution is 5.98. The molecule has 4 heteroatoms. The van der Waals surface area contributed by atoms with E-state index in [-0.39, 0.29) is 12.2 Å². The van der Waals surface area contributed by atoms with Gasteiger partial charge in [0.05, 0.1) is 12.5 Å². The Hall–Kier alpha value is -2.41. The lowest BCUT2D eigenvalue weighted by Crippen LogP contribution is -1.97. The number of hydrogen-bond donors (Lipinski definition) is 1. The number of carbonyl (C=O) groups excluding carboxylic acids is 1. The van der Waals surface area contributed by atoms with Crippen LogP contribution in [0.1, 0.15) is 22.3 Å². The van der Waals surface area contributed by atoms with E-state index in [0.29, 0.717) is 11.1 Å². The summed E-state index contributed by atoms with van der Waals surface area (Å²) in [6, 6.07) is 8.25. The molecule has 0 spiro atoms. The SMILES string of the molecule is N#CCC(=O)c1cccc(C=CC(=O)O)c1. The summed E-state index contributed by atoms with van der Waals surface area (Å²) < 4.78 is 0. The van der Waals surface area contributed by atoms with Gasteiger partial charge in [-0.25, -0.2) is 4.79 Å². The normalized spacial score (nSPS) is 9.94. The average Bonchev–Trinajstić information content (AvgIpc) is 2.27. The summed E-state index contributed by atoms with van der Waals surface area (Å²) in [5.41, 5.74) is 1.03. The van der Waals surface area contributed by atoms with E-state index in [1.165, 1.54) is 6.08 Å². The second-order valence-electron chi connectivity index (χ2n) is 3.06. The molecule has 0 aliphatic rings. The first kappa shape index (κ1) is 11.7. The lowest BCUT2D eigenvalue weighted by atomic mass is 10.1. The van der Waals surface area contributed by atoms with E-state index in [1.807, 2.05) is 0 Å². The van der Waals surface area contributed by atoms with E-state index in [0.717, 1.165) is 6.08 Å². The van der Waals surface area contributed by atoms with Crippen LogP contribution in [-0.4, -0.2) is 16.9 Å². The number of aliphatic carboxylic acids is 1. The Bertz CT molecular complexity index is 483. The van der Waals surface area contributed by atoms with Crippen LogP contribution in [0, 0.1) is 11.3 Å². The van der Waals surface area contributed by atoms with Gasteiger partial charge >= 0.3 is 5.97 Å². The third-order valence-electron chi connectivity index (χ3n) is 1.87. The van der Waals surface area contributed by atoms with Crippen LogP contribution < -0.4 is 0 Å². The van der Waals surface area contributed by atoms with Gasteiger partial charge in [0, 0.05) is 11.6 Å². The Morgan fingerprint density at radius 2 is 2.19 bits per heavy atom. The van der Waals surface area contributed by atoms with Crippen LogP contribution in [0.5, 0.6) is 0 Å². The predicted molar refractivity (Wildman–Crippen MR) is 57.7 cm³/mol. The molecule has 1 aromatic carbocycles. The van der Waals surface area contributed by atoms with Gasteiger partial charge in [-0.15, -0.1) is 0 Å². The van der Waals surface area contributed by atoms with Crippen LogP contribution in [0.3, 0.4) is 0 Å². The lowest BCUT2D eigenvalue weighted by molar-refractivity contribution is -0.131. The number of nitriles is 1. The maximum absolute atomic E-state index is 11.4. The zero-order valence-electron chi connectivity index (χ0n) is 8.38. The highest BCUT2D eigenvalue weighted by Gasteiger charge is 2.04. The van der Waals surface area contributed by atoms with Gasteiger partial charge in [0.15, 0.2) is 5.78 Å². The molecular formula is C12H9NO3. The van der Waals surface area contributed by atoms with Crippen LogP contribution in [0.4, 0.5) is 0 Å². The van der Waals surface area contributed by atoms with E-state index in [1.54, 1.807) is 30.3 Å². The molecule has 0 fully saturated rings. The summed E-state index contributed by atoms with van der Waals surface area (Å²) in [6.45, 7) is 0. The Kier molecular flexibility index (Phi) is 3.98. The molecule has 0 amide bonds. The average molecular weight is 215 g/mol. The molecule has 4 nitrogen and oxygen atoms in total. The summed E-state index contributed by atoms with van der Waals surface area (Å²) in [5.74, 6) is -1.32. The Labute approximate surface area is 92.4 Å². The molecule has 0 bridgehead atoms. The van der Waals surface area contributed by atoms with Crippen LogP contribution in [0.25, 0.3) is 6.08 Å². The second-order valence-corrected chi connectivity index (χ2v) is 3.06. The van der Waals surface area contributed by atoms with Crippen molar-refractivity contribution in [2.24, 2.45) is 0 Å². The first-order valence-electron chi connectivity index (χ1n) is 4.54. The van der Waals surface area contributed by atoms with Gasteiger partial charge in [-0.05, 0) is 17.7 Å². The molecular weight excluding hydrogens is 206 g/mol. The van der Waals surface area contributed by atoms with Gasteiger partial charge in [0.2, 0.25) is 0 Å². The predicted octanol–water partition coefficient (Wildman–Crippen LogP) is 1.88.